The standard InChI is InChI=1S/C13H22N4/c1-13(2,9-14-3)17-12-15-7-11(8-16-12)10-5-4-6-10/h7-8,10,14H,4-6,9H2,1-3H3,(H,15,16,17). The summed E-state index contributed by atoms with van der Waals surface area (Å²) in [6.07, 6.45) is 7.87. The van der Waals surface area contributed by atoms with Crippen LogP contribution in [0, 0.1) is 0 Å². The first-order valence-electron chi connectivity index (χ1n) is 6.35. The number of hydrogen-bond donors (Lipinski definition) is 2. The van der Waals surface area contributed by atoms with Gasteiger partial charge in [-0.1, -0.05) is 6.42 Å². The van der Waals surface area contributed by atoms with Gasteiger partial charge in [0.15, 0.2) is 0 Å². The molecule has 2 N–H and O–H groups in total. The SMILES string of the molecule is CNCC(C)(C)Nc1ncc(C2CCC2)cn1. The van der Waals surface area contributed by atoms with E-state index in [1.807, 2.05) is 19.4 Å². The summed E-state index contributed by atoms with van der Waals surface area (Å²) in [5, 5.41) is 6.49. The summed E-state index contributed by atoms with van der Waals surface area (Å²) in [4.78, 5) is 8.80. The van der Waals surface area contributed by atoms with Crippen molar-refractivity contribution < 1.29 is 0 Å². The molecule has 1 saturated carbocycles. The zero-order chi connectivity index (χ0) is 12.3. The molecule has 1 heterocycles. The minimum Gasteiger partial charge on any atom is -0.348 e. The quantitative estimate of drug-likeness (QED) is 0.819. The fourth-order valence-corrected chi connectivity index (χ4v) is 2.14. The first kappa shape index (κ1) is 12.3. The number of hydrogen-bond acceptors (Lipinski definition) is 4. The van der Waals surface area contributed by atoms with Gasteiger partial charge in [0.2, 0.25) is 5.95 Å². The highest BCUT2D eigenvalue weighted by atomic mass is 15.1. The van der Waals surface area contributed by atoms with Crippen molar-refractivity contribution in [3.05, 3.63) is 18.0 Å². The van der Waals surface area contributed by atoms with Gasteiger partial charge >= 0.3 is 0 Å². The molecular formula is C13H22N4. The Morgan fingerprint density at radius 2 is 1.94 bits per heavy atom. The summed E-state index contributed by atoms with van der Waals surface area (Å²) in [6, 6.07) is 0. The first-order chi connectivity index (χ1) is 8.11. The van der Waals surface area contributed by atoms with E-state index in [1.165, 1.54) is 24.8 Å². The van der Waals surface area contributed by atoms with Crippen molar-refractivity contribution in [2.45, 2.75) is 44.6 Å². The van der Waals surface area contributed by atoms with Gasteiger partial charge in [-0.2, -0.15) is 0 Å². The lowest BCUT2D eigenvalue weighted by Crippen LogP contribution is -2.41. The molecule has 4 nitrogen and oxygen atoms in total. The zero-order valence-electron chi connectivity index (χ0n) is 11.0. The summed E-state index contributed by atoms with van der Waals surface area (Å²) >= 11 is 0. The maximum absolute atomic E-state index is 4.40. The van der Waals surface area contributed by atoms with Crippen molar-refractivity contribution in [3.8, 4) is 0 Å². The Labute approximate surface area is 103 Å². The minimum absolute atomic E-state index is 0.0350. The van der Waals surface area contributed by atoms with Crippen LogP contribution in [0.1, 0.15) is 44.6 Å². The van der Waals surface area contributed by atoms with Crippen LogP contribution >= 0.6 is 0 Å². The molecule has 0 aliphatic heterocycles. The van der Waals surface area contributed by atoms with Crippen molar-refractivity contribution >= 4 is 5.95 Å². The molecule has 2 rings (SSSR count). The predicted molar refractivity (Wildman–Crippen MR) is 70.3 cm³/mol. The Bertz CT molecular complexity index is 354. The van der Waals surface area contributed by atoms with Crippen LogP contribution in [-0.4, -0.2) is 29.1 Å². The Morgan fingerprint density at radius 1 is 1.29 bits per heavy atom. The molecule has 1 fully saturated rings. The average Bonchev–Trinajstić information content (AvgIpc) is 2.17. The second kappa shape index (κ2) is 5.00. The van der Waals surface area contributed by atoms with Crippen molar-refractivity contribution in [2.75, 3.05) is 18.9 Å². The van der Waals surface area contributed by atoms with E-state index >= 15 is 0 Å². The number of nitrogens with one attached hydrogen (secondary N) is 2. The van der Waals surface area contributed by atoms with E-state index in [9.17, 15) is 0 Å². The Kier molecular flexibility index (Phi) is 3.62. The van der Waals surface area contributed by atoms with Crippen LogP contribution in [0.25, 0.3) is 0 Å². The van der Waals surface area contributed by atoms with E-state index in [4.69, 9.17) is 0 Å². The fraction of sp³-hybridized carbons (Fsp3) is 0.692. The minimum atomic E-state index is -0.0350. The average molecular weight is 234 g/mol. The first-order valence-corrected chi connectivity index (χ1v) is 6.35. The van der Waals surface area contributed by atoms with Gasteiger partial charge in [0.25, 0.3) is 0 Å². The Hall–Kier alpha value is -1.16. The van der Waals surface area contributed by atoms with E-state index in [2.05, 4.69) is 34.4 Å². The van der Waals surface area contributed by atoms with E-state index in [1.54, 1.807) is 0 Å². The molecule has 1 aliphatic carbocycles. The third-order valence-corrected chi connectivity index (χ3v) is 3.32. The van der Waals surface area contributed by atoms with Gasteiger partial charge in [0.1, 0.15) is 0 Å². The molecule has 1 aromatic rings. The lowest BCUT2D eigenvalue weighted by atomic mass is 9.81. The number of aromatic nitrogens is 2. The lowest BCUT2D eigenvalue weighted by Gasteiger charge is -2.27. The molecule has 1 aromatic heterocycles. The highest BCUT2D eigenvalue weighted by molar-refractivity contribution is 5.30. The van der Waals surface area contributed by atoms with Gasteiger partial charge in [-0.15, -0.1) is 0 Å². The van der Waals surface area contributed by atoms with Crippen LogP contribution in [0.4, 0.5) is 5.95 Å². The Morgan fingerprint density at radius 3 is 2.41 bits per heavy atom. The maximum Gasteiger partial charge on any atom is 0.223 e. The second-order valence-electron chi connectivity index (χ2n) is 5.51. The summed E-state index contributed by atoms with van der Waals surface area (Å²) in [7, 11) is 1.95. The van der Waals surface area contributed by atoms with Gasteiger partial charge in [-0.05, 0) is 45.2 Å². The van der Waals surface area contributed by atoms with E-state index < -0.39 is 0 Å². The van der Waals surface area contributed by atoms with Gasteiger partial charge in [-0.3, -0.25) is 0 Å². The topological polar surface area (TPSA) is 49.8 Å². The van der Waals surface area contributed by atoms with Crippen LogP contribution in [-0.2, 0) is 0 Å². The molecule has 0 spiro atoms. The van der Waals surface area contributed by atoms with Gasteiger partial charge < -0.3 is 10.6 Å². The largest absolute Gasteiger partial charge is 0.348 e. The second-order valence-corrected chi connectivity index (χ2v) is 5.51. The molecule has 0 unspecified atom stereocenters. The zero-order valence-corrected chi connectivity index (χ0v) is 11.0. The van der Waals surface area contributed by atoms with Gasteiger partial charge in [0, 0.05) is 24.5 Å². The van der Waals surface area contributed by atoms with Crippen LogP contribution in [0.3, 0.4) is 0 Å². The molecule has 0 amide bonds. The number of anilines is 1. The number of likely N-dealkylation sites (N-methyl/N-ethyl adjacent to an activating group) is 1. The van der Waals surface area contributed by atoms with Crippen molar-refractivity contribution in [3.63, 3.8) is 0 Å². The lowest BCUT2D eigenvalue weighted by molar-refractivity contribution is 0.417. The monoisotopic (exact) mass is 234 g/mol. The third kappa shape index (κ3) is 3.16. The predicted octanol–water partition coefficient (Wildman–Crippen LogP) is 2.15. The van der Waals surface area contributed by atoms with Gasteiger partial charge in [0.05, 0.1) is 0 Å². The molecule has 0 bridgehead atoms. The molecule has 0 aromatic carbocycles. The van der Waals surface area contributed by atoms with Crippen LogP contribution in [0.5, 0.6) is 0 Å². The molecular weight excluding hydrogens is 212 g/mol. The highest BCUT2D eigenvalue weighted by Crippen LogP contribution is 2.35. The summed E-state index contributed by atoms with van der Waals surface area (Å²) in [5.74, 6) is 1.42. The van der Waals surface area contributed by atoms with Crippen LogP contribution in [0.15, 0.2) is 12.4 Å². The van der Waals surface area contributed by atoms with Gasteiger partial charge in [-0.25, -0.2) is 9.97 Å². The van der Waals surface area contributed by atoms with Crippen molar-refractivity contribution in [1.82, 2.24) is 15.3 Å². The van der Waals surface area contributed by atoms with Crippen molar-refractivity contribution in [1.29, 1.82) is 0 Å². The molecule has 1 aliphatic rings. The summed E-state index contributed by atoms with van der Waals surface area (Å²) < 4.78 is 0. The van der Waals surface area contributed by atoms with E-state index in [0.717, 1.165) is 6.54 Å². The normalized spacial score (nSPS) is 16.6. The molecule has 94 valence electrons. The number of rotatable bonds is 5. The number of nitrogens with zero attached hydrogens (tertiary/aromatic N) is 2. The van der Waals surface area contributed by atoms with E-state index in [0.29, 0.717) is 11.9 Å². The molecule has 0 radical (unpaired) electrons. The maximum atomic E-state index is 4.40. The van der Waals surface area contributed by atoms with Crippen molar-refractivity contribution in [2.24, 2.45) is 0 Å². The molecule has 4 heteroatoms. The van der Waals surface area contributed by atoms with Crippen LogP contribution in [0.2, 0.25) is 0 Å². The summed E-state index contributed by atoms with van der Waals surface area (Å²) in [5.41, 5.74) is 1.25. The highest BCUT2D eigenvalue weighted by Gasteiger charge is 2.21. The molecule has 17 heavy (non-hydrogen) atoms. The molecule has 0 saturated heterocycles. The fourth-order valence-electron chi connectivity index (χ4n) is 2.14. The van der Waals surface area contributed by atoms with E-state index in [-0.39, 0.29) is 5.54 Å². The molecule has 0 atom stereocenters. The summed E-state index contributed by atoms with van der Waals surface area (Å²) in [6.45, 7) is 5.14. The van der Waals surface area contributed by atoms with Crippen LogP contribution < -0.4 is 10.6 Å². The third-order valence-electron chi connectivity index (χ3n) is 3.32. The Balaban J connectivity index is 1.97. The smallest absolute Gasteiger partial charge is 0.223 e.